The molecule has 0 spiro atoms. The number of nitrogens with zero attached hydrogens (tertiary/aromatic N) is 2. The highest BCUT2D eigenvalue weighted by atomic mass is 35.5. The molecule has 1 aromatic carbocycles. The topological polar surface area (TPSA) is 95.6 Å². The molecule has 114 valence electrons. The van der Waals surface area contributed by atoms with Crippen molar-refractivity contribution in [1.29, 1.82) is 5.26 Å². The lowest BCUT2D eigenvalue weighted by Crippen LogP contribution is -2.10. The maximum absolute atomic E-state index is 12.7. The first-order valence-corrected chi connectivity index (χ1v) is 6.27. The van der Waals surface area contributed by atoms with Crippen LogP contribution in [0, 0.1) is 11.3 Å². The van der Waals surface area contributed by atoms with Gasteiger partial charge in [-0.15, -0.1) is 0 Å². The van der Waals surface area contributed by atoms with Gasteiger partial charge >= 0.3 is 6.18 Å². The zero-order chi connectivity index (χ0) is 16.7. The summed E-state index contributed by atoms with van der Waals surface area (Å²) in [5.74, 6) is -1.18. The van der Waals surface area contributed by atoms with Crippen molar-refractivity contribution in [2.45, 2.75) is 6.18 Å². The van der Waals surface area contributed by atoms with E-state index in [-0.39, 0.29) is 22.6 Å². The first-order chi connectivity index (χ1) is 10.2. The van der Waals surface area contributed by atoms with Crippen molar-refractivity contribution in [3.63, 3.8) is 0 Å². The van der Waals surface area contributed by atoms with Gasteiger partial charge in [-0.25, -0.2) is 0 Å². The van der Waals surface area contributed by atoms with Gasteiger partial charge in [-0.1, -0.05) is 23.2 Å². The summed E-state index contributed by atoms with van der Waals surface area (Å²) in [6.07, 6.45) is -4.67. The van der Waals surface area contributed by atoms with Crippen LogP contribution in [-0.4, -0.2) is 16.0 Å². The molecule has 3 N–H and O–H groups in total. The molecule has 2 aromatic rings. The molecule has 0 unspecified atom stereocenters. The van der Waals surface area contributed by atoms with Crippen molar-refractivity contribution in [2.75, 3.05) is 5.73 Å². The molecule has 0 aliphatic rings. The summed E-state index contributed by atoms with van der Waals surface area (Å²) in [5, 5.41) is 13.6. The number of nitrogens with one attached hydrogen (secondary N) is 1. The molecule has 0 radical (unpaired) electrons. The Morgan fingerprint density at radius 3 is 2.27 bits per heavy atom. The Balaban J connectivity index is 2.61. The minimum absolute atomic E-state index is 0.241. The molecule has 0 atom stereocenters. The molecule has 5 nitrogen and oxygen atoms in total. The highest BCUT2D eigenvalue weighted by Gasteiger charge is 2.33. The molecule has 10 heteroatoms. The van der Waals surface area contributed by atoms with Gasteiger partial charge in [0.15, 0.2) is 5.82 Å². The molecular formula is C12H5Cl2F3N4O. The first-order valence-electron chi connectivity index (χ1n) is 5.51. The van der Waals surface area contributed by atoms with Gasteiger partial charge in [0.1, 0.15) is 17.3 Å². The maximum Gasteiger partial charge on any atom is 0.416 e. The largest absolute Gasteiger partial charge is 0.416 e. The number of ketones is 1. The zero-order valence-electron chi connectivity index (χ0n) is 10.4. The van der Waals surface area contributed by atoms with Crippen molar-refractivity contribution in [2.24, 2.45) is 0 Å². The highest BCUT2D eigenvalue weighted by molar-refractivity contribution is 6.41. The van der Waals surface area contributed by atoms with Crippen molar-refractivity contribution in [3.05, 3.63) is 44.6 Å². The number of aromatic amines is 1. The second-order valence-electron chi connectivity index (χ2n) is 4.11. The molecule has 1 aromatic heterocycles. The number of hydrogen-bond acceptors (Lipinski definition) is 4. The van der Waals surface area contributed by atoms with E-state index in [0.717, 1.165) is 0 Å². The molecule has 2 rings (SSSR count). The van der Waals surface area contributed by atoms with Gasteiger partial charge < -0.3 is 5.73 Å². The number of anilines is 1. The van der Waals surface area contributed by atoms with Crippen molar-refractivity contribution in [1.82, 2.24) is 10.2 Å². The fourth-order valence-corrected chi connectivity index (χ4v) is 2.40. The average molecular weight is 349 g/mol. The summed E-state index contributed by atoms with van der Waals surface area (Å²) < 4.78 is 38.0. The van der Waals surface area contributed by atoms with E-state index in [0.29, 0.717) is 12.1 Å². The molecule has 0 saturated heterocycles. The molecule has 22 heavy (non-hydrogen) atoms. The minimum atomic E-state index is -4.67. The van der Waals surface area contributed by atoms with Crippen LogP contribution < -0.4 is 5.73 Å². The Hall–Kier alpha value is -2.24. The number of carbonyl (C=O) groups excluding carboxylic acids is 1. The van der Waals surface area contributed by atoms with Crippen LogP contribution in [0.2, 0.25) is 10.0 Å². The minimum Gasteiger partial charge on any atom is -0.382 e. The van der Waals surface area contributed by atoms with Crippen LogP contribution in [-0.2, 0) is 6.18 Å². The van der Waals surface area contributed by atoms with E-state index in [4.69, 9.17) is 34.2 Å². The second kappa shape index (κ2) is 5.51. The van der Waals surface area contributed by atoms with E-state index >= 15 is 0 Å². The smallest absolute Gasteiger partial charge is 0.382 e. The van der Waals surface area contributed by atoms with E-state index in [2.05, 4.69) is 10.2 Å². The van der Waals surface area contributed by atoms with Gasteiger partial charge in [0, 0.05) is 0 Å². The van der Waals surface area contributed by atoms with E-state index in [1.165, 1.54) is 0 Å². The van der Waals surface area contributed by atoms with E-state index in [1.54, 1.807) is 6.07 Å². The SMILES string of the molecule is N#Cc1[nH]nc(N)c1C(=O)c1c(Cl)cc(C(F)(F)F)cc1Cl. The number of carbonyl (C=O) groups is 1. The van der Waals surface area contributed by atoms with E-state index < -0.39 is 27.6 Å². The Labute approximate surface area is 131 Å². The Morgan fingerprint density at radius 2 is 1.82 bits per heavy atom. The quantitative estimate of drug-likeness (QED) is 0.812. The molecule has 0 aliphatic heterocycles. The normalized spacial score (nSPS) is 11.3. The predicted octanol–water partition coefficient (Wildman–Crippen LogP) is 3.42. The van der Waals surface area contributed by atoms with Gasteiger partial charge in [0.2, 0.25) is 5.78 Å². The maximum atomic E-state index is 12.7. The third kappa shape index (κ3) is 2.73. The number of benzene rings is 1. The monoisotopic (exact) mass is 348 g/mol. The van der Waals surface area contributed by atoms with Crippen LogP contribution in [0.25, 0.3) is 0 Å². The van der Waals surface area contributed by atoms with Gasteiger partial charge in [-0.05, 0) is 12.1 Å². The van der Waals surface area contributed by atoms with Gasteiger partial charge in [-0.2, -0.15) is 23.5 Å². The Kier molecular flexibility index (Phi) is 4.04. The average Bonchev–Trinajstić information content (AvgIpc) is 2.77. The first kappa shape index (κ1) is 16.1. The lowest BCUT2D eigenvalue weighted by Gasteiger charge is -2.11. The number of halogens is 5. The molecule has 0 aliphatic carbocycles. The second-order valence-corrected chi connectivity index (χ2v) is 4.93. The van der Waals surface area contributed by atoms with Crippen molar-refractivity contribution in [3.8, 4) is 6.07 Å². The molecule has 0 saturated carbocycles. The third-order valence-corrected chi connectivity index (χ3v) is 3.33. The fourth-order valence-electron chi connectivity index (χ4n) is 1.75. The third-order valence-electron chi connectivity index (χ3n) is 2.73. The number of nitrogen functional groups attached to an aromatic ring is 1. The van der Waals surface area contributed by atoms with Gasteiger partial charge in [-0.3, -0.25) is 9.89 Å². The summed E-state index contributed by atoms with van der Waals surface area (Å²) in [6, 6.07) is 2.80. The van der Waals surface area contributed by atoms with Gasteiger partial charge in [0.25, 0.3) is 0 Å². The summed E-state index contributed by atoms with van der Waals surface area (Å²) in [6.45, 7) is 0. The Bertz CT molecular complexity index is 785. The van der Waals surface area contributed by atoms with Crippen LogP contribution in [0.15, 0.2) is 12.1 Å². The van der Waals surface area contributed by atoms with Crippen LogP contribution in [0.3, 0.4) is 0 Å². The predicted molar refractivity (Wildman–Crippen MR) is 72.6 cm³/mol. The van der Waals surface area contributed by atoms with Crippen LogP contribution >= 0.6 is 23.2 Å². The molecular weight excluding hydrogens is 344 g/mol. The fraction of sp³-hybridized carbons (Fsp3) is 0.0833. The molecule has 0 fully saturated rings. The summed E-state index contributed by atoms with van der Waals surface area (Å²) >= 11 is 11.5. The van der Waals surface area contributed by atoms with Crippen LogP contribution in [0.4, 0.5) is 19.0 Å². The molecule has 0 amide bonds. The van der Waals surface area contributed by atoms with E-state index in [1.807, 2.05) is 0 Å². The Morgan fingerprint density at radius 1 is 1.27 bits per heavy atom. The zero-order valence-corrected chi connectivity index (χ0v) is 11.9. The highest BCUT2D eigenvalue weighted by Crippen LogP contribution is 2.37. The number of nitrogens with two attached hydrogens (primary N) is 1. The lowest BCUT2D eigenvalue weighted by molar-refractivity contribution is -0.137. The summed E-state index contributed by atoms with van der Waals surface area (Å²) in [4.78, 5) is 12.4. The van der Waals surface area contributed by atoms with E-state index in [9.17, 15) is 18.0 Å². The van der Waals surface area contributed by atoms with Gasteiger partial charge in [0.05, 0.1) is 21.2 Å². The summed E-state index contributed by atoms with van der Waals surface area (Å²) in [5.41, 5.74) is 3.45. The number of nitriles is 1. The number of hydrogen-bond donors (Lipinski definition) is 2. The molecule has 0 bridgehead atoms. The molecule has 1 heterocycles. The van der Waals surface area contributed by atoms with Crippen molar-refractivity contribution < 1.29 is 18.0 Å². The number of alkyl halides is 3. The number of rotatable bonds is 2. The number of H-pyrrole nitrogens is 1. The van der Waals surface area contributed by atoms with Crippen molar-refractivity contribution >= 4 is 34.8 Å². The lowest BCUT2D eigenvalue weighted by atomic mass is 10.0. The standard InChI is InChI=1S/C12H5Cl2F3N4O/c13-5-1-4(12(15,16)17)2-6(14)8(5)10(22)9-7(3-18)20-21-11(9)19/h1-2H,(H3,19,20,21). The van der Waals surface area contributed by atoms with Crippen LogP contribution in [0.1, 0.15) is 27.2 Å². The number of aromatic nitrogens is 2. The summed E-state index contributed by atoms with van der Waals surface area (Å²) in [7, 11) is 0. The van der Waals surface area contributed by atoms with Crippen LogP contribution in [0.5, 0.6) is 0 Å².